The van der Waals surface area contributed by atoms with Crippen LogP contribution >= 0.6 is 11.6 Å². The lowest BCUT2D eigenvalue weighted by Gasteiger charge is -2.02. The maximum Gasteiger partial charge on any atom is 0.250 e. The van der Waals surface area contributed by atoms with E-state index >= 15 is 0 Å². The van der Waals surface area contributed by atoms with Crippen LogP contribution in [0.15, 0.2) is 47.5 Å². The molecule has 1 amide bonds. The van der Waals surface area contributed by atoms with Crippen LogP contribution in [0.25, 0.3) is 0 Å². The van der Waals surface area contributed by atoms with E-state index in [0.717, 1.165) is 0 Å². The maximum absolute atomic E-state index is 13.5. The van der Waals surface area contributed by atoms with Crippen LogP contribution in [0, 0.1) is 5.82 Å². The highest BCUT2D eigenvalue weighted by Gasteiger charge is 2.07. The molecular formula is C14H10ClFN2O. The third-order valence-corrected chi connectivity index (χ3v) is 2.83. The predicted molar refractivity (Wildman–Crippen MR) is 73.6 cm³/mol. The number of hydrogen-bond donors (Lipinski definition) is 1. The van der Waals surface area contributed by atoms with Crippen LogP contribution < -0.4 is 5.73 Å². The summed E-state index contributed by atoms with van der Waals surface area (Å²) in [7, 11) is 0. The Balaban J connectivity index is 2.41. The van der Waals surface area contributed by atoms with E-state index in [4.69, 9.17) is 17.3 Å². The van der Waals surface area contributed by atoms with Crippen molar-refractivity contribution < 1.29 is 9.18 Å². The quantitative estimate of drug-likeness (QED) is 0.859. The highest BCUT2D eigenvalue weighted by Crippen LogP contribution is 2.21. The van der Waals surface area contributed by atoms with Gasteiger partial charge in [0, 0.05) is 11.8 Å². The Labute approximate surface area is 114 Å². The molecule has 2 N–H and O–H groups in total. The van der Waals surface area contributed by atoms with Crippen LogP contribution in [0.1, 0.15) is 15.9 Å². The Morgan fingerprint density at radius 1 is 1.21 bits per heavy atom. The molecule has 2 rings (SSSR count). The van der Waals surface area contributed by atoms with Crippen molar-refractivity contribution >= 4 is 29.4 Å². The van der Waals surface area contributed by atoms with Crippen LogP contribution in [0.5, 0.6) is 0 Å². The van der Waals surface area contributed by atoms with Crippen molar-refractivity contribution in [1.82, 2.24) is 0 Å². The zero-order valence-electron chi connectivity index (χ0n) is 9.81. The van der Waals surface area contributed by atoms with Gasteiger partial charge in [0.1, 0.15) is 5.82 Å². The van der Waals surface area contributed by atoms with E-state index in [1.165, 1.54) is 18.3 Å². The molecule has 0 unspecified atom stereocenters. The van der Waals surface area contributed by atoms with E-state index in [-0.39, 0.29) is 16.1 Å². The molecule has 2 aromatic carbocycles. The molecular weight excluding hydrogens is 267 g/mol. The number of benzene rings is 2. The first-order chi connectivity index (χ1) is 9.09. The van der Waals surface area contributed by atoms with Crippen molar-refractivity contribution in [2.75, 3.05) is 0 Å². The van der Waals surface area contributed by atoms with Gasteiger partial charge in [0.25, 0.3) is 5.91 Å². The number of primary amides is 1. The molecule has 0 saturated heterocycles. The summed E-state index contributed by atoms with van der Waals surface area (Å²) in [5.41, 5.74) is 6.04. The first-order valence-electron chi connectivity index (χ1n) is 5.46. The van der Waals surface area contributed by atoms with Gasteiger partial charge in [-0.2, -0.15) is 0 Å². The molecule has 0 saturated carbocycles. The number of carbonyl (C=O) groups excluding carboxylic acids is 1. The summed E-state index contributed by atoms with van der Waals surface area (Å²) in [4.78, 5) is 15.3. The van der Waals surface area contributed by atoms with Crippen LogP contribution in [0.3, 0.4) is 0 Å². The van der Waals surface area contributed by atoms with E-state index < -0.39 is 11.7 Å². The van der Waals surface area contributed by atoms with Gasteiger partial charge in [-0.3, -0.25) is 9.79 Å². The van der Waals surface area contributed by atoms with Crippen LogP contribution in [0.2, 0.25) is 5.02 Å². The minimum absolute atomic E-state index is 0.170. The summed E-state index contributed by atoms with van der Waals surface area (Å²) in [5, 5.41) is 0.250. The van der Waals surface area contributed by atoms with Gasteiger partial charge < -0.3 is 5.73 Å². The molecule has 3 nitrogen and oxygen atoms in total. The molecule has 96 valence electrons. The van der Waals surface area contributed by atoms with Gasteiger partial charge in [-0.25, -0.2) is 4.39 Å². The normalized spacial score (nSPS) is 10.8. The monoisotopic (exact) mass is 276 g/mol. The molecule has 0 aromatic heterocycles. The Morgan fingerprint density at radius 3 is 2.63 bits per heavy atom. The highest BCUT2D eigenvalue weighted by atomic mass is 35.5. The number of rotatable bonds is 3. The molecule has 0 spiro atoms. The van der Waals surface area contributed by atoms with E-state index in [1.54, 1.807) is 30.3 Å². The average Bonchev–Trinajstić information content (AvgIpc) is 2.38. The van der Waals surface area contributed by atoms with Gasteiger partial charge in [0.05, 0.1) is 16.3 Å². The fraction of sp³-hybridized carbons (Fsp3) is 0. The Hall–Kier alpha value is -2.20. The van der Waals surface area contributed by atoms with Crippen LogP contribution in [-0.2, 0) is 0 Å². The number of para-hydroxylation sites is 1. The van der Waals surface area contributed by atoms with E-state index in [0.29, 0.717) is 5.69 Å². The molecule has 19 heavy (non-hydrogen) atoms. The number of carbonyl (C=O) groups is 1. The first-order valence-corrected chi connectivity index (χ1v) is 5.84. The molecule has 0 radical (unpaired) electrons. The Morgan fingerprint density at radius 2 is 1.95 bits per heavy atom. The second kappa shape index (κ2) is 5.63. The van der Waals surface area contributed by atoms with E-state index in [2.05, 4.69) is 4.99 Å². The third-order valence-electron chi connectivity index (χ3n) is 2.50. The minimum Gasteiger partial charge on any atom is -0.366 e. The summed E-state index contributed by atoms with van der Waals surface area (Å²) in [6, 6.07) is 10.9. The van der Waals surface area contributed by atoms with E-state index in [9.17, 15) is 9.18 Å². The Bertz CT molecular complexity index is 635. The molecule has 0 aliphatic carbocycles. The largest absolute Gasteiger partial charge is 0.366 e. The van der Waals surface area contributed by atoms with Gasteiger partial charge in [-0.15, -0.1) is 0 Å². The molecule has 2 aromatic rings. The maximum atomic E-state index is 13.5. The second-order valence-corrected chi connectivity index (χ2v) is 4.18. The van der Waals surface area contributed by atoms with Gasteiger partial charge in [0.2, 0.25) is 0 Å². The van der Waals surface area contributed by atoms with Crippen molar-refractivity contribution in [2.45, 2.75) is 0 Å². The summed E-state index contributed by atoms with van der Waals surface area (Å²) in [5.74, 6) is -1.07. The van der Waals surface area contributed by atoms with Gasteiger partial charge in [-0.1, -0.05) is 29.8 Å². The molecule has 0 bridgehead atoms. The topological polar surface area (TPSA) is 55.5 Å². The van der Waals surface area contributed by atoms with Gasteiger partial charge in [-0.05, 0) is 24.3 Å². The lowest BCUT2D eigenvalue weighted by molar-refractivity contribution is 0.100. The fourth-order valence-corrected chi connectivity index (χ4v) is 1.77. The average molecular weight is 277 g/mol. The number of nitrogens with zero attached hydrogens (tertiary/aromatic N) is 1. The third kappa shape index (κ3) is 2.98. The fourth-order valence-electron chi connectivity index (χ4n) is 1.56. The molecule has 0 fully saturated rings. The van der Waals surface area contributed by atoms with Gasteiger partial charge in [0.15, 0.2) is 0 Å². The zero-order chi connectivity index (χ0) is 13.8. The molecule has 0 aliphatic rings. The minimum atomic E-state index is -0.590. The summed E-state index contributed by atoms with van der Waals surface area (Å²) in [6.45, 7) is 0. The van der Waals surface area contributed by atoms with Crippen LogP contribution in [0.4, 0.5) is 10.1 Å². The molecule has 5 heteroatoms. The van der Waals surface area contributed by atoms with Crippen molar-refractivity contribution in [1.29, 1.82) is 0 Å². The summed E-state index contributed by atoms with van der Waals surface area (Å²) < 4.78 is 13.5. The number of halogens is 2. The van der Waals surface area contributed by atoms with Gasteiger partial charge >= 0.3 is 0 Å². The zero-order valence-corrected chi connectivity index (χ0v) is 10.6. The second-order valence-electron chi connectivity index (χ2n) is 3.77. The summed E-state index contributed by atoms with van der Waals surface area (Å²) >= 11 is 5.88. The number of amides is 1. The molecule has 0 aliphatic heterocycles. The standard InChI is InChI=1S/C14H10ClFN2O/c15-11-5-3-6-12(16)10(11)8-18-13-7-2-1-4-9(13)14(17)19/h1-8H,(H2,17,19). The highest BCUT2D eigenvalue weighted by molar-refractivity contribution is 6.33. The smallest absolute Gasteiger partial charge is 0.250 e. The lowest BCUT2D eigenvalue weighted by Crippen LogP contribution is -2.10. The number of nitrogens with two attached hydrogens (primary N) is 1. The molecule has 0 atom stereocenters. The van der Waals surface area contributed by atoms with Crippen molar-refractivity contribution in [3.63, 3.8) is 0 Å². The first kappa shape index (κ1) is 13.2. The summed E-state index contributed by atoms with van der Waals surface area (Å²) in [6.07, 6.45) is 1.28. The lowest BCUT2D eigenvalue weighted by atomic mass is 10.1. The number of aliphatic imine (C=N–C) groups is 1. The van der Waals surface area contributed by atoms with Crippen molar-refractivity contribution in [2.24, 2.45) is 10.7 Å². The Kier molecular flexibility index (Phi) is 3.92. The predicted octanol–water partition coefficient (Wildman–Crippen LogP) is 3.33. The van der Waals surface area contributed by atoms with E-state index in [1.807, 2.05) is 0 Å². The molecule has 0 heterocycles. The van der Waals surface area contributed by atoms with Crippen molar-refractivity contribution in [3.05, 3.63) is 64.4 Å². The van der Waals surface area contributed by atoms with Crippen molar-refractivity contribution in [3.8, 4) is 0 Å². The number of hydrogen-bond acceptors (Lipinski definition) is 2. The SMILES string of the molecule is NC(=O)c1ccccc1N=Cc1c(F)cccc1Cl. The van der Waals surface area contributed by atoms with Crippen LogP contribution in [-0.4, -0.2) is 12.1 Å².